The van der Waals surface area contributed by atoms with Crippen molar-refractivity contribution in [1.82, 2.24) is 10.3 Å². The molecule has 0 aromatic carbocycles. The molecular formula is C12H18N2O3. The molecule has 0 saturated heterocycles. The van der Waals surface area contributed by atoms with Gasteiger partial charge in [0, 0.05) is 19.4 Å². The van der Waals surface area contributed by atoms with Gasteiger partial charge < -0.3 is 15.2 Å². The summed E-state index contributed by atoms with van der Waals surface area (Å²) in [6.45, 7) is 2.21. The van der Waals surface area contributed by atoms with Gasteiger partial charge in [-0.25, -0.2) is 4.98 Å². The Kier molecular flexibility index (Phi) is 5.59. The summed E-state index contributed by atoms with van der Waals surface area (Å²) in [6.07, 6.45) is 0.464. The number of hydrogen-bond donors (Lipinski definition) is 2. The molecular weight excluding hydrogens is 220 g/mol. The van der Waals surface area contributed by atoms with Crippen LogP contribution in [-0.2, 0) is 4.74 Å². The molecule has 1 amide bonds. The molecule has 5 nitrogen and oxygen atoms in total. The Morgan fingerprint density at radius 2 is 2.35 bits per heavy atom. The fourth-order valence-electron chi connectivity index (χ4n) is 1.48. The molecule has 0 aliphatic carbocycles. The van der Waals surface area contributed by atoms with Crippen LogP contribution in [0.1, 0.15) is 22.6 Å². The highest BCUT2D eigenvalue weighted by Crippen LogP contribution is 2.00. The fraction of sp³-hybridized carbons (Fsp3) is 0.500. The molecule has 0 aliphatic rings. The summed E-state index contributed by atoms with van der Waals surface area (Å²) in [5.74, 6) is -0.246. The van der Waals surface area contributed by atoms with Crippen LogP contribution in [0.5, 0.6) is 0 Å². The van der Waals surface area contributed by atoms with Gasteiger partial charge in [0.2, 0.25) is 0 Å². The predicted octanol–water partition coefficient (Wildman–Crippen LogP) is 0.517. The monoisotopic (exact) mass is 238 g/mol. The number of nitrogens with one attached hydrogen (secondary N) is 1. The predicted molar refractivity (Wildman–Crippen MR) is 63.8 cm³/mol. The lowest BCUT2D eigenvalue weighted by atomic mass is 10.2. The Morgan fingerprint density at radius 3 is 2.94 bits per heavy atom. The SMILES string of the molecule is COCC(CCO)NC(=O)c1cccc(C)n1. The first-order chi connectivity index (χ1) is 8.17. The quantitative estimate of drug-likeness (QED) is 0.758. The molecule has 5 heteroatoms. The lowest BCUT2D eigenvalue weighted by molar-refractivity contribution is 0.0873. The highest BCUT2D eigenvalue weighted by Gasteiger charge is 2.14. The molecule has 1 aromatic rings. The van der Waals surface area contributed by atoms with E-state index in [1.54, 1.807) is 19.2 Å². The second-order valence-corrected chi connectivity index (χ2v) is 3.80. The maximum Gasteiger partial charge on any atom is 0.270 e. The number of carbonyl (C=O) groups excluding carboxylic acids is 1. The van der Waals surface area contributed by atoms with Crippen molar-refractivity contribution in [2.75, 3.05) is 20.3 Å². The van der Waals surface area contributed by atoms with Gasteiger partial charge in [0.25, 0.3) is 5.91 Å². The maximum atomic E-state index is 11.8. The van der Waals surface area contributed by atoms with Gasteiger partial charge in [-0.05, 0) is 25.5 Å². The lowest BCUT2D eigenvalue weighted by Gasteiger charge is -2.16. The van der Waals surface area contributed by atoms with Crippen molar-refractivity contribution in [2.24, 2.45) is 0 Å². The normalized spacial score (nSPS) is 12.2. The molecule has 1 heterocycles. The summed E-state index contributed by atoms with van der Waals surface area (Å²) >= 11 is 0. The zero-order valence-corrected chi connectivity index (χ0v) is 10.1. The van der Waals surface area contributed by atoms with Gasteiger partial charge in [0.15, 0.2) is 0 Å². The Labute approximate surface area is 101 Å². The van der Waals surface area contributed by atoms with Gasteiger partial charge in [0.1, 0.15) is 5.69 Å². The third-order valence-corrected chi connectivity index (χ3v) is 2.30. The largest absolute Gasteiger partial charge is 0.396 e. The van der Waals surface area contributed by atoms with Gasteiger partial charge in [0.05, 0.1) is 12.6 Å². The molecule has 2 N–H and O–H groups in total. The van der Waals surface area contributed by atoms with E-state index < -0.39 is 0 Å². The van der Waals surface area contributed by atoms with Crippen molar-refractivity contribution in [3.05, 3.63) is 29.6 Å². The number of amides is 1. The van der Waals surface area contributed by atoms with E-state index in [0.29, 0.717) is 18.7 Å². The molecule has 94 valence electrons. The molecule has 0 saturated carbocycles. The third kappa shape index (κ3) is 4.50. The number of aliphatic hydroxyl groups is 1. The van der Waals surface area contributed by atoms with Crippen LogP contribution in [0.2, 0.25) is 0 Å². The smallest absolute Gasteiger partial charge is 0.270 e. The third-order valence-electron chi connectivity index (χ3n) is 2.30. The molecule has 0 aliphatic heterocycles. The Bertz CT molecular complexity index is 363. The van der Waals surface area contributed by atoms with Gasteiger partial charge in [-0.1, -0.05) is 6.07 Å². The molecule has 1 unspecified atom stereocenters. The topological polar surface area (TPSA) is 71.5 Å². The molecule has 1 rings (SSSR count). The number of methoxy groups -OCH3 is 1. The minimum absolute atomic E-state index is 0.00948. The van der Waals surface area contributed by atoms with Crippen LogP contribution in [0, 0.1) is 6.92 Å². The summed E-state index contributed by atoms with van der Waals surface area (Å²) in [6, 6.07) is 5.08. The lowest BCUT2D eigenvalue weighted by Crippen LogP contribution is -2.39. The molecule has 0 fully saturated rings. The van der Waals surface area contributed by atoms with E-state index in [9.17, 15) is 4.79 Å². The fourth-order valence-corrected chi connectivity index (χ4v) is 1.48. The minimum atomic E-state index is -0.246. The second kappa shape index (κ2) is 6.98. The molecule has 0 bridgehead atoms. The zero-order valence-electron chi connectivity index (χ0n) is 10.1. The average molecular weight is 238 g/mol. The molecule has 0 radical (unpaired) electrons. The highest BCUT2D eigenvalue weighted by atomic mass is 16.5. The molecule has 17 heavy (non-hydrogen) atoms. The number of aryl methyl sites for hydroxylation is 1. The van der Waals surface area contributed by atoms with Crippen LogP contribution in [-0.4, -0.2) is 42.4 Å². The zero-order chi connectivity index (χ0) is 12.7. The number of ether oxygens (including phenoxy) is 1. The number of nitrogens with zero attached hydrogens (tertiary/aromatic N) is 1. The first kappa shape index (κ1) is 13.6. The van der Waals surface area contributed by atoms with E-state index in [1.807, 2.05) is 13.0 Å². The van der Waals surface area contributed by atoms with E-state index in [1.165, 1.54) is 0 Å². The molecule has 1 aromatic heterocycles. The number of pyridine rings is 1. The summed E-state index contributed by atoms with van der Waals surface area (Å²) in [4.78, 5) is 16.0. The van der Waals surface area contributed by atoms with Crippen LogP contribution < -0.4 is 5.32 Å². The Balaban J connectivity index is 2.63. The Hall–Kier alpha value is -1.46. The van der Waals surface area contributed by atoms with Crippen LogP contribution >= 0.6 is 0 Å². The first-order valence-electron chi connectivity index (χ1n) is 5.51. The van der Waals surface area contributed by atoms with Crippen LogP contribution in [0.3, 0.4) is 0 Å². The van der Waals surface area contributed by atoms with E-state index >= 15 is 0 Å². The number of aromatic nitrogens is 1. The van der Waals surface area contributed by atoms with Gasteiger partial charge in [-0.3, -0.25) is 4.79 Å². The minimum Gasteiger partial charge on any atom is -0.396 e. The Morgan fingerprint density at radius 1 is 1.59 bits per heavy atom. The van der Waals surface area contributed by atoms with Crippen LogP contribution in [0.25, 0.3) is 0 Å². The summed E-state index contributed by atoms with van der Waals surface area (Å²) in [5, 5.41) is 11.6. The van der Waals surface area contributed by atoms with Crippen molar-refractivity contribution in [1.29, 1.82) is 0 Å². The standard InChI is InChI=1S/C12H18N2O3/c1-9-4-3-5-11(13-9)12(16)14-10(6-7-15)8-17-2/h3-5,10,15H,6-8H2,1-2H3,(H,14,16). The second-order valence-electron chi connectivity index (χ2n) is 3.80. The number of aliphatic hydroxyl groups excluding tert-OH is 1. The van der Waals surface area contributed by atoms with Gasteiger partial charge in [-0.15, -0.1) is 0 Å². The first-order valence-corrected chi connectivity index (χ1v) is 5.51. The number of hydrogen-bond acceptors (Lipinski definition) is 4. The van der Waals surface area contributed by atoms with Crippen molar-refractivity contribution >= 4 is 5.91 Å². The van der Waals surface area contributed by atoms with Crippen LogP contribution in [0.15, 0.2) is 18.2 Å². The van der Waals surface area contributed by atoms with Gasteiger partial charge in [-0.2, -0.15) is 0 Å². The van der Waals surface area contributed by atoms with E-state index in [4.69, 9.17) is 9.84 Å². The van der Waals surface area contributed by atoms with Crippen molar-refractivity contribution in [3.8, 4) is 0 Å². The van der Waals surface area contributed by atoms with Crippen molar-refractivity contribution < 1.29 is 14.6 Å². The summed E-state index contributed by atoms with van der Waals surface area (Å²) < 4.78 is 4.97. The van der Waals surface area contributed by atoms with E-state index in [2.05, 4.69) is 10.3 Å². The number of rotatable bonds is 6. The highest BCUT2D eigenvalue weighted by molar-refractivity contribution is 5.92. The van der Waals surface area contributed by atoms with E-state index in [0.717, 1.165) is 5.69 Å². The van der Waals surface area contributed by atoms with Crippen molar-refractivity contribution in [2.45, 2.75) is 19.4 Å². The van der Waals surface area contributed by atoms with E-state index in [-0.39, 0.29) is 18.6 Å². The molecule has 0 spiro atoms. The number of carbonyl (C=O) groups is 1. The van der Waals surface area contributed by atoms with Gasteiger partial charge >= 0.3 is 0 Å². The molecule has 1 atom stereocenters. The van der Waals surface area contributed by atoms with Crippen molar-refractivity contribution in [3.63, 3.8) is 0 Å². The maximum absolute atomic E-state index is 11.8. The summed E-state index contributed by atoms with van der Waals surface area (Å²) in [5.41, 5.74) is 1.17. The average Bonchev–Trinajstić information content (AvgIpc) is 2.29. The van der Waals surface area contributed by atoms with Crippen LogP contribution in [0.4, 0.5) is 0 Å². The summed E-state index contributed by atoms with van der Waals surface area (Å²) in [7, 11) is 1.56.